The molecule has 0 aliphatic carbocycles. The largest absolute Gasteiger partial charge is 0.384 e. The van der Waals surface area contributed by atoms with Crippen molar-refractivity contribution in [2.45, 2.75) is 26.8 Å². The molecule has 1 rings (SSSR count). The number of anilines is 1. The number of carbonyl (C=O) groups is 2. The summed E-state index contributed by atoms with van der Waals surface area (Å²) in [5, 5.41) is 2.59. The number of carbonyl (C=O) groups excluding carboxylic acids is 2. The molecular formula is C12H18N4O2. The molecule has 0 spiro atoms. The molecule has 1 heterocycles. The first-order valence-corrected chi connectivity index (χ1v) is 5.65. The standard InChI is InChI=1S/C12H18N4O2/c1-6(2)10(11(14)17)16-12(18)8-4-7(3)15-9(13)5-8/h4-6,10H,1-3H3,(H2,13,15)(H2,14,17)(H,16,18). The number of amides is 2. The van der Waals surface area contributed by atoms with E-state index in [9.17, 15) is 9.59 Å². The fraction of sp³-hybridized carbons (Fsp3) is 0.417. The molecule has 18 heavy (non-hydrogen) atoms. The maximum absolute atomic E-state index is 12.0. The lowest BCUT2D eigenvalue weighted by Crippen LogP contribution is -2.47. The summed E-state index contributed by atoms with van der Waals surface area (Å²) in [5.41, 5.74) is 11.8. The van der Waals surface area contributed by atoms with E-state index in [-0.39, 0.29) is 17.6 Å². The predicted octanol–water partition coefficient (Wildman–Crippen LogP) is 0.212. The Labute approximate surface area is 106 Å². The predicted molar refractivity (Wildman–Crippen MR) is 68.7 cm³/mol. The van der Waals surface area contributed by atoms with Gasteiger partial charge >= 0.3 is 0 Å². The van der Waals surface area contributed by atoms with Gasteiger partial charge in [0, 0.05) is 11.3 Å². The van der Waals surface area contributed by atoms with E-state index in [1.54, 1.807) is 13.0 Å². The summed E-state index contributed by atoms with van der Waals surface area (Å²) >= 11 is 0. The van der Waals surface area contributed by atoms with E-state index >= 15 is 0 Å². The lowest BCUT2D eigenvalue weighted by molar-refractivity contribution is -0.120. The fourth-order valence-corrected chi connectivity index (χ4v) is 1.62. The molecule has 0 aliphatic rings. The minimum atomic E-state index is -0.702. The van der Waals surface area contributed by atoms with Gasteiger partial charge in [0.25, 0.3) is 5.91 Å². The van der Waals surface area contributed by atoms with Crippen molar-refractivity contribution < 1.29 is 9.59 Å². The van der Waals surface area contributed by atoms with Gasteiger partial charge in [-0.05, 0) is 25.0 Å². The highest BCUT2D eigenvalue weighted by molar-refractivity contribution is 5.97. The van der Waals surface area contributed by atoms with Crippen LogP contribution in [0.4, 0.5) is 5.82 Å². The molecule has 1 aromatic rings. The highest BCUT2D eigenvalue weighted by Crippen LogP contribution is 2.08. The number of nitrogen functional groups attached to an aromatic ring is 1. The highest BCUT2D eigenvalue weighted by atomic mass is 16.2. The van der Waals surface area contributed by atoms with E-state index in [4.69, 9.17) is 11.5 Å². The molecule has 0 radical (unpaired) electrons. The molecule has 0 aliphatic heterocycles. The van der Waals surface area contributed by atoms with Crippen LogP contribution in [-0.2, 0) is 4.79 Å². The maximum Gasteiger partial charge on any atom is 0.252 e. The second-order valence-corrected chi connectivity index (χ2v) is 4.52. The van der Waals surface area contributed by atoms with Crippen molar-refractivity contribution in [3.05, 3.63) is 23.4 Å². The number of nitrogens with two attached hydrogens (primary N) is 2. The number of hydrogen-bond acceptors (Lipinski definition) is 4. The SMILES string of the molecule is Cc1cc(C(=O)NC(C(N)=O)C(C)C)cc(N)n1. The molecule has 1 unspecified atom stereocenters. The number of aryl methyl sites for hydroxylation is 1. The molecule has 6 heteroatoms. The molecule has 0 aromatic carbocycles. The van der Waals surface area contributed by atoms with Crippen LogP contribution in [0.25, 0.3) is 0 Å². The zero-order valence-corrected chi connectivity index (χ0v) is 10.7. The van der Waals surface area contributed by atoms with E-state index < -0.39 is 11.9 Å². The normalized spacial score (nSPS) is 12.2. The van der Waals surface area contributed by atoms with E-state index in [0.29, 0.717) is 11.3 Å². The Morgan fingerprint density at radius 1 is 1.33 bits per heavy atom. The molecule has 0 bridgehead atoms. The van der Waals surface area contributed by atoms with Gasteiger partial charge < -0.3 is 16.8 Å². The molecule has 1 aromatic heterocycles. The molecule has 0 saturated heterocycles. The smallest absolute Gasteiger partial charge is 0.252 e. The first kappa shape index (κ1) is 14.0. The summed E-state index contributed by atoms with van der Waals surface area (Å²) in [7, 11) is 0. The summed E-state index contributed by atoms with van der Waals surface area (Å²) in [5.74, 6) is -0.756. The highest BCUT2D eigenvalue weighted by Gasteiger charge is 2.22. The molecular weight excluding hydrogens is 232 g/mol. The molecule has 0 fully saturated rings. The number of hydrogen-bond donors (Lipinski definition) is 3. The quantitative estimate of drug-likeness (QED) is 0.709. The van der Waals surface area contributed by atoms with Gasteiger partial charge in [-0.3, -0.25) is 9.59 Å². The van der Waals surface area contributed by atoms with Crippen LogP contribution in [0.15, 0.2) is 12.1 Å². The summed E-state index contributed by atoms with van der Waals surface area (Å²) in [6, 6.07) is 2.36. The van der Waals surface area contributed by atoms with E-state index in [0.717, 1.165) is 0 Å². The van der Waals surface area contributed by atoms with Gasteiger partial charge in [0.15, 0.2) is 0 Å². The van der Waals surface area contributed by atoms with Gasteiger partial charge in [0.1, 0.15) is 11.9 Å². The van der Waals surface area contributed by atoms with Crippen molar-refractivity contribution in [2.24, 2.45) is 11.7 Å². The van der Waals surface area contributed by atoms with Crippen molar-refractivity contribution in [3.8, 4) is 0 Å². The average Bonchev–Trinajstić information content (AvgIpc) is 2.23. The Balaban J connectivity index is 2.90. The summed E-state index contributed by atoms with van der Waals surface area (Å²) < 4.78 is 0. The Kier molecular flexibility index (Phi) is 4.25. The van der Waals surface area contributed by atoms with Crippen molar-refractivity contribution in [3.63, 3.8) is 0 Å². The van der Waals surface area contributed by atoms with Gasteiger partial charge in [0.2, 0.25) is 5.91 Å². The van der Waals surface area contributed by atoms with E-state index in [1.165, 1.54) is 6.07 Å². The Morgan fingerprint density at radius 3 is 2.39 bits per heavy atom. The molecule has 5 N–H and O–H groups in total. The van der Waals surface area contributed by atoms with Crippen LogP contribution in [0.1, 0.15) is 29.9 Å². The van der Waals surface area contributed by atoms with Crippen LogP contribution in [-0.4, -0.2) is 22.8 Å². The number of primary amides is 1. The third-order valence-electron chi connectivity index (χ3n) is 2.50. The van der Waals surface area contributed by atoms with Gasteiger partial charge in [-0.2, -0.15) is 0 Å². The minimum Gasteiger partial charge on any atom is -0.384 e. The average molecular weight is 250 g/mol. The molecule has 6 nitrogen and oxygen atoms in total. The zero-order valence-electron chi connectivity index (χ0n) is 10.7. The number of rotatable bonds is 4. The Bertz CT molecular complexity index is 451. The number of nitrogens with zero attached hydrogens (tertiary/aromatic N) is 1. The van der Waals surface area contributed by atoms with E-state index in [2.05, 4.69) is 10.3 Å². The Morgan fingerprint density at radius 2 is 1.94 bits per heavy atom. The Hall–Kier alpha value is -2.11. The van der Waals surface area contributed by atoms with Crippen molar-refractivity contribution in [2.75, 3.05) is 5.73 Å². The molecule has 0 saturated carbocycles. The second kappa shape index (κ2) is 5.48. The van der Waals surface area contributed by atoms with Crippen LogP contribution >= 0.6 is 0 Å². The third-order valence-corrected chi connectivity index (χ3v) is 2.50. The lowest BCUT2D eigenvalue weighted by Gasteiger charge is -2.19. The van der Waals surface area contributed by atoms with Crippen molar-refractivity contribution in [1.29, 1.82) is 0 Å². The zero-order chi connectivity index (χ0) is 13.9. The number of nitrogens with one attached hydrogen (secondary N) is 1. The summed E-state index contributed by atoms with van der Waals surface area (Å²) in [6.45, 7) is 5.35. The van der Waals surface area contributed by atoms with Gasteiger partial charge in [-0.15, -0.1) is 0 Å². The first-order chi connectivity index (χ1) is 8.31. The van der Waals surface area contributed by atoms with Gasteiger partial charge in [0.05, 0.1) is 0 Å². The van der Waals surface area contributed by atoms with Crippen molar-refractivity contribution in [1.82, 2.24) is 10.3 Å². The van der Waals surface area contributed by atoms with Gasteiger partial charge in [-0.1, -0.05) is 13.8 Å². The van der Waals surface area contributed by atoms with Crippen LogP contribution in [0.5, 0.6) is 0 Å². The van der Waals surface area contributed by atoms with Crippen LogP contribution < -0.4 is 16.8 Å². The van der Waals surface area contributed by atoms with Crippen LogP contribution in [0.3, 0.4) is 0 Å². The first-order valence-electron chi connectivity index (χ1n) is 5.65. The maximum atomic E-state index is 12.0. The van der Waals surface area contributed by atoms with Crippen molar-refractivity contribution >= 4 is 17.6 Å². The molecule has 1 atom stereocenters. The summed E-state index contributed by atoms with van der Waals surface area (Å²) in [4.78, 5) is 27.2. The second-order valence-electron chi connectivity index (χ2n) is 4.52. The summed E-state index contributed by atoms with van der Waals surface area (Å²) in [6.07, 6.45) is 0. The van der Waals surface area contributed by atoms with Crippen LogP contribution in [0.2, 0.25) is 0 Å². The third kappa shape index (κ3) is 3.44. The minimum absolute atomic E-state index is 0.0771. The lowest BCUT2D eigenvalue weighted by atomic mass is 10.0. The monoisotopic (exact) mass is 250 g/mol. The van der Waals surface area contributed by atoms with Gasteiger partial charge in [-0.25, -0.2) is 4.98 Å². The number of aromatic nitrogens is 1. The molecule has 2 amide bonds. The van der Waals surface area contributed by atoms with E-state index in [1.807, 2.05) is 13.8 Å². The number of pyridine rings is 1. The molecule has 98 valence electrons. The van der Waals surface area contributed by atoms with Crippen LogP contribution in [0, 0.1) is 12.8 Å². The topological polar surface area (TPSA) is 111 Å². The fourth-order valence-electron chi connectivity index (χ4n) is 1.62.